The van der Waals surface area contributed by atoms with Gasteiger partial charge in [0.25, 0.3) is 5.91 Å². The van der Waals surface area contributed by atoms with Crippen LogP contribution < -0.4 is 4.90 Å². The molecule has 5 rings (SSSR count). The summed E-state index contributed by atoms with van der Waals surface area (Å²) in [5.41, 5.74) is 2.34. The fourth-order valence-electron chi connectivity index (χ4n) is 5.68. The van der Waals surface area contributed by atoms with E-state index in [1.54, 1.807) is 18.2 Å². The van der Waals surface area contributed by atoms with Crippen LogP contribution in [0.25, 0.3) is 12.2 Å². The molecule has 0 aliphatic carbocycles. The Balaban J connectivity index is 1.39. The third-order valence-corrected chi connectivity index (χ3v) is 8.04. The second-order valence-electron chi connectivity index (χ2n) is 11.1. The average molecular weight is 563 g/mol. The highest BCUT2D eigenvalue weighted by Crippen LogP contribution is 2.29. The number of aromatic nitrogens is 1. The molecular formula is C33H37F3N4O. The zero-order chi connectivity index (χ0) is 28.8. The van der Waals surface area contributed by atoms with E-state index >= 15 is 0 Å². The van der Waals surface area contributed by atoms with Gasteiger partial charge in [0.2, 0.25) is 0 Å². The maximum Gasteiger partial charge on any atom is 0.416 e. The normalized spacial score (nSPS) is 18.0. The highest BCUT2D eigenvalue weighted by molar-refractivity contribution is 5.96. The van der Waals surface area contributed by atoms with Crippen molar-refractivity contribution in [2.45, 2.75) is 44.3 Å². The number of nitrogens with zero attached hydrogens (tertiary/aromatic N) is 4. The van der Waals surface area contributed by atoms with E-state index in [4.69, 9.17) is 4.98 Å². The first-order chi connectivity index (χ1) is 19.8. The van der Waals surface area contributed by atoms with Crippen LogP contribution in [0.3, 0.4) is 0 Å². The molecule has 2 aliphatic rings. The van der Waals surface area contributed by atoms with Gasteiger partial charge in [-0.1, -0.05) is 48.5 Å². The van der Waals surface area contributed by atoms with Crippen LogP contribution in [0.4, 0.5) is 19.0 Å². The molecule has 1 atom stereocenters. The van der Waals surface area contributed by atoms with Crippen LogP contribution in [0.1, 0.15) is 58.4 Å². The Morgan fingerprint density at radius 3 is 2.41 bits per heavy atom. The van der Waals surface area contributed by atoms with Crippen LogP contribution in [0.5, 0.6) is 0 Å². The molecule has 2 aromatic carbocycles. The first kappa shape index (κ1) is 28.9. The van der Waals surface area contributed by atoms with E-state index in [1.165, 1.54) is 30.5 Å². The second kappa shape index (κ2) is 12.9. The molecule has 2 saturated heterocycles. The third kappa shape index (κ3) is 7.55. The molecule has 3 aromatic rings. The first-order valence-electron chi connectivity index (χ1n) is 14.4. The lowest BCUT2D eigenvalue weighted by Gasteiger charge is -2.29. The maximum absolute atomic E-state index is 13.9. The maximum atomic E-state index is 13.9. The van der Waals surface area contributed by atoms with E-state index in [2.05, 4.69) is 17.0 Å². The van der Waals surface area contributed by atoms with Crippen LogP contribution in [0.2, 0.25) is 0 Å². The SMILES string of the molecule is CN(CCc1ccccc1)c1cc(C(=O)N2CCC[C@H]2CN2CCCC2)cc(C=Cc2ccc(C(F)(F)F)cc2)n1. The molecule has 5 nitrogen and oxygen atoms in total. The van der Waals surface area contributed by atoms with Crippen molar-refractivity contribution in [2.75, 3.05) is 44.7 Å². The van der Waals surface area contributed by atoms with E-state index in [-0.39, 0.29) is 11.9 Å². The molecule has 0 unspecified atom stereocenters. The van der Waals surface area contributed by atoms with Crippen molar-refractivity contribution in [3.63, 3.8) is 0 Å². The number of likely N-dealkylation sites (tertiary alicyclic amines) is 2. The molecule has 2 fully saturated rings. The van der Waals surface area contributed by atoms with Gasteiger partial charge < -0.3 is 14.7 Å². The lowest BCUT2D eigenvalue weighted by molar-refractivity contribution is -0.137. The van der Waals surface area contributed by atoms with Crippen molar-refractivity contribution in [3.8, 4) is 0 Å². The number of anilines is 1. The van der Waals surface area contributed by atoms with E-state index < -0.39 is 11.7 Å². The van der Waals surface area contributed by atoms with Gasteiger partial charge in [0.1, 0.15) is 5.82 Å². The largest absolute Gasteiger partial charge is 0.416 e. The molecule has 41 heavy (non-hydrogen) atoms. The first-order valence-corrected chi connectivity index (χ1v) is 14.4. The number of carbonyl (C=O) groups is 1. The van der Waals surface area contributed by atoms with E-state index in [1.807, 2.05) is 41.1 Å². The van der Waals surface area contributed by atoms with Crippen LogP contribution in [0.15, 0.2) is 66.7 Å². The smallest absolute Gasteiger partial charge is 0.359 e. The zero-order valence-electron chi connectivity index (χ0n) is 23.5. The molecule has 0 radical (unpaired) electrons. The number of carbonyl (C=O) groups excluding carboxylic acids is 1. The molecule has 3 heterocycles. The topological polar surface area (TPSA) is 39.7 Å². The summed E-state index contributed by atoms with van der Waals surface area (Å²) >= 11 is 0. The standard InChI is InChI=1S/C33H37F3N4O/c1-38(21-17-25-8-3-2-4-9-25)31-23-27(32(41)40-20-7-10-30(40)24-39-18-5-6-19-39)22-29(37-31)16-13-26-11-14-28(15-12-26)33(34,35)36/h2-4,8-9,11-16,22-23,30H,5-7,10,17-21,24H2,1H3/t30-/m0/s1. The van der Waals surface area contributed by atoms with E-state index in [0.29, 0.717) is 22.6 Å². The lowest BCUT2D eigenvalue weighted by atomic mass is 10.1. The fourth-order valence-corrected chi connectivity index (χ4v) is 5.68. The van der Waals surface area contributed by atoms with Crippen LogP contribution in [-0.2, 0) is 12.6 Å². The predicted molar refractivity (Wildman–Crippen MR) is 158 cm³/mol. The predicted octanol–water partition coefficient (Wildman–Crippen LogP) is 6.65. The number of pyridine rings is 1. The fraction of sp³-hybridized carbons (Fsp3) is 0.394. The van der Waals surface area contributed by atoms with Gasteiger partial charge >= 0.3 is 6.18 Å². The molecule has 0 N–H and O–H groups in total. The number of halogens is 3. The number of rotatable bonds is 9. The summed E-state index contributed by atoms with van der Waals surface area (Å²) in [6.45, 7) is 4.58. The average Bonchev–Trinajstić information content (AvgIpc) is 3.67. The summed E-state index contributed by atoms with van der Waals surface area (Å²) < 4.78 is 38.9. The van der Waals surface area contributed by atoms with Gasteiger partial charge in [-0.3, -0.25) is 4.79 Å². The van der Waals surface area contributed by atoms with Gasteiger partial charge in [-0.25, -0.2) is 4.98 Å². The van der Waals surface area contributed by atoms with Gasteiger partial charge in [-0.15, -0.1) is 0 Å². The van der Waals surface area contributed by atoms with Crippen LogP contribution in [0, 0.1) is 0 Å². The molecule has 1 amide bonds. The van der Waals surface area contributed by atoms with E-state index in [0.717, 1.165) is 64.1 Å². The van der Waals surface area contributed by atoms with Crippen molar-refractivity contribution in [1.82, 2.24) is 14.8 Å². The van der Waals surface area contributed by atoms with Crippen LogP contribution >= 0.6 is 0 Å². The highest BCUT2D eigenvalue weighted by Gasteiger charge is 2.32. The minimum Gasteiger partial charge on any atom is -0.359 e. The number of benzene rings is 2. The molecule has 0 bridgehead atoms. The van der Waals surface area contributed by atoms with Gasteiger partial charge in [0.05, 0.1) is 11.3 Å². The molecule has 8 heteroatoms. The monoisotopic (exact) mass is 562 g/mol. The quantitative estimate of drug-likeness (QED) is 0.293. The summed E-state index contributed by atoms with van der Waals surface area (Å²) in [4.78, 5) is 25.2. The molecule has 1 aromatic heterocycles. The minimum atomic E-state index is -4.38. The Morgan fingerprint density at radius 1 is 0.976 bits per heavy atom. The van der Waals surface area contributed by atoms with Crippen molar-refractivity contribution in [1.29, 1.82) is 0 Å². The number of hydrogen-bond donors (Lipinski definition) is 0. The van der Waals surface area contributed by atoms with Gasteiger partial charge in [0, 0.05) is 38.3 Å². The minimum absolute atomic E-state index is 0.0102. The van der Waals surface area contributed by atoms with E-state index in [9.17, 15) is 18.0 Å². The number of hydrogen-bond acceptors (Lipinski definition) is 4. The Labute approximate surface area is 240 Å². The molecule has 0 spiro atoms. The number of likely N-dealkylation sites (N-methyl/N-ethyl adjacent to an activating group) is 1. The van der Waals surface area contributed by atoms with Gasteiger partial charge in [-0.2, -0.15) is 13.2 Å². The van der Waals surface area contributed by atoms with Crippen molar-refractivity contribution < 1.29 is 18.0 Å². The van der Waals surface area contributed by atoms with Crippen molar-refractivity contribution >= 4 is 23.9 Å². The zero-order valence-corrected chi connectivity index (χ0v) is 23.5. The summed E-state index contributed by atoms with van der Waals surface area (Å²) in [6.07, 6.45) is 4.41. The van der Waals surface area contributed by atoms with Gasteiger partial charge in [-0.05, 0) is 86.7 Å². The number of alkyl halides is 3. The molecular weight excluding hydrogens is 525 g/mol. The Morgan fingerprint density at radius 2 is 1.71 bits per heavy atom. The van der Waals surface area contributed by atoms with Crippen molar-refractivity contribution in [3.05, 3.63) is 94.7 Å². The van der Waals surface area contributed by atoms with Crippen LogP contribution in [-0.4, -0.2) is 66.5 Å². The summed E-state index contributed by atoms with van der Waals surface area (Å²) in [7, 11) is 1.97. The Hall–Kier alpha value is -3.65. The lowest BCUT2D eigenvalue weighted by Crippen LogP contribution is -2.42. The highest BCUT2D eigenvalue weighted by atomic mass is 19.4. The summed E-state index contributed by atoms with van der Waals surface area (Å²) in [6, 6.07) is 19.1. The summed E-state index contributed by atoms with van der Waals surface area (Å²) in [5, 5.41) is 0. The van der Waals surface area contributed by atoms with Crippen molar-refractivity contribution in [2.24, 2.45) is 0 Å². The third-order valence-electron chi connectivity index (χ3n) is 8.04. The summed E-state index contributed by atoms with van der Waals surface area (Å²) in [5.74, 6) is 0.699. The Kier molecular flexibility index (Phi) is 9.08. The molecule has 216 valence electrons. The Bertz CT molecular complexity index is 1330. The number of amides is 1. The molecule has 0 saturated carbocycles. The molecule has 2 aliphatic heterocycles. The second-order valence-corrected chi connectivity index (χ2v) is 11.1. The van der Waals surface area contributed by atoms with Gasteiger partial charge in [0.15, 0.2) is 0 Å².